The summed E-state index contributed by atoms with van der Waals surface area (Å²) in [7, 11) is 0. The van der Waals surface area contributed by atoms with Gasteiger partial charge in [0, 0.05) is 6.07 Å². The zero-order chi connectivity index (χ0) is 20.6. The fourth-order valence-electron chi connectivity index (χ4n) is 2.45. The van der Waals surface area contributed by atoms with Crippen molar-refractivity contribution in [3.05, 3.63) is 104 Å². The van der Waals surface area contributed by atoms with Crippen LogP contribution in [0.4, 0.5) is 17.1 Å². The number of ether oxygens (including phenoxy) is 1. The molecule has 0 amide bonds. The molecule has 3 rings (SSSR count). The lowest BCUT2D eigenvalue weighted by atomic mass is 10.2. The lowest BCUT2D eigenvalue weighted by Gasteiger charge is -2.06. The van der Waals surface area contributed by atoms with Gasteiger partial charge in [-0.15, -0.1) is 0 Å². The first-order valence-electron chi connectivity index (χ1n) is 8.51. The van der Waals surface area contributed by atoms with E-state index in [9.17, 15) is 20.2 Å². The van der Waals surface area contributed by atoms with Crippen molar-refractivity contribution < 1.29 is 14.6 Å². The number of nitro benzene ring substituents is 2. The highest BCUT2D eigenvalue weighted by molar-refractivity contribution is 5.80. The number of hydrogen-bond donors (Lipinski definition) is 1. The Morgan fingerprint density at radius 1 is 0.931 bits per heavy atom. The van der Waals surface area contributed by atoms with Crippen molar-refractivity contribution in [3.63, 3.8) is 0 Å². The van der Waals surface area contributed by atoms with E-state index in [2.05, 4.69) is 10.5 Å². The van der Waals surface area contributed by atoms with Crippen LogP contribution in [0.2, 0.25) is 0 Å². The SMILES string of the molecule is O=[N+]([O-])c1ccc(N/N=C/c2ccc(OCc3ccccc3)cc2)c([N+](=O)[O-])c1. The molecule has 0 saturated carbocycles. The molecule has 3 aromatic rings. The molecule has 9 heteroatoms. The van der Waals surface area contributed by atoms with Crippen molar-refractivity contribution in [1.82, 2.24) is 0 Å². The Morgan fingerprint density at radius 3 is 2.31 bits per heavy atom. The molecule has 0 atom stereocenters. The lowest BCUT2D eigenvalue weighted by molar-refractivity contribution is -0.393. The molecule has 0 fully saturated rings. The van der Waals surface area contributed by atoms with Crippen LogP contribution in [0.5, 0.6) is 5.75 Å². The highest BCUT2D eigenvalue weighted by Crippen LogP contribution is 2.28. The van der Waals surface area contributed by atoms with Crippen LogP contribution in [0.15, 0.2) is 77.9 Å². The summed E-state index contributed by atoms with van der Waals surface area (Å²) in [5, 5.41) is 25.8. The standard InChI is InChI=1S/C20H16N4O5/c25-23(26)17-8-11-19(20(12-17)24(27)28)22-21-13-15-6-9-18(10-7-15)29-14-16-4-2-1-3-5-16/h1-13,22H,14H2/b21-13+. The normalized spacial score (nSPS) is 10.6. The second-order valence-corrected chi connectivity index (χ2v) is 5.93. The van der Waals surface area contributed by atoms with Crippen molar-refractivity contribution in [3.8, 4) is 5.75 Å². The first-order chi connectivity index (χ1) is 14.0. The van der Waals surface area contributed by atoms with Crippen LogP contribution in [0, 0.1) is 20.2 Å². The van der Waals surface area contributed by atoms with Crippen molar-refractivity contribution in [2.24, 2.45) is 5.10 Å². The third kappa shape index (κ3) is 5.36. The Hall–Kier alpha value is -4.27. The van der Waals surface area contributed by atoms with Gasteiger partial charge in [-0.3, -0.25) is 25.7 Å². The summed E-state index contributed by atoms with van der Waals surface area (Å²) < 4.78 is 5.70. The molecular weight excluding hydrogens is 376 g/mol. The molecule has 0 aliphatic rings. The van der Waals surface area contributed by atoms with Gasteiger partial charge in [0.05, 0.1) is 22.1 Å². The Morgan fingerprint density at radius 2 is 1.66 bits per heavy atom. The zero-order valence-corrected chi connectivity index (χ0v) is 15.1. The molecule has 0 aromatic heterocycles. The van der Waals surface area contributed by atoms with E-state index in [0.29, 0.717) is 12.4 Å². The third-order valence-corrected chi connectivity index (χ3v) is 3.92. The lowest BCUT2D eigenvalue weighted by Crippen LogP contribution is -1.99. The van der Waals surface area contributed by atoms with Gasteiger partial charge in [-0.2, -0.15) is 5.10 Å². The van der Waals surface area contributed by atoms with E-state index in [4.69, 9.17) is 4.74 Å². The van der Waals surface area contributed by atoms with E-state index >= 15 is 0 Å². The van der Waals surface area contributed by atoms with Gasteiger partial charge >= 0.3 is 5.69 Å². The summed E-state index contributed by atoms with van der Waals surface area (Å²) >= 11 is 0. The second-order valence-electron chi connectivity index (χ2n) is 5.93. The zero-order valence-electron chi connectivity index (χ0n) is 15.1. The molecule has 1 N–H and O–H groups in total. The monoisotopic (exact) mass is 392 g/mol. The van der Waals surface area contributed by atoms with Crippen LogP contribution in [-0.2, 0) is 6.61 Å². The van der Waals surface area contributed by atoms with Crippen molar-refractivity contribution >= 4 is 23.3 Å². The summed E-state index contributed by atoms with van der Waals surface area (Å²) in [5.41, 5.74) is 3.61. The number of anilines is 1. The van der Waals surface area contributed by atoms with Gasteiger partial charge in [-0.25, -0.2) is 0 Å². The third-order valence-electron chi connectivity index (χ3n) is 3.92. The average Bonchev–Trinajstić information content (AvgIpc) is 2.74. The molecule has 0 aliphatic carbocycles. The molecule has 0 radical (unpaired) electrons. The quantitative estimate of drug-likeness (QED) is 0.342. The Bertz CT molecular complexity index is 1040. The number of hydrazone groups is 1. The highest BCUT2D eigenvalue weighted by Gasteiger charge is 2.19. The van der Waals surface area contributed by atoms with Gasteiger partial charge in [-0.05, 0) is 41.5 Å². The Kier molecular flexibility index (Phi) is 6.11. The van der Waals surface area contributed by atoms with Crippen LogP contribution < -0.4 is 10.2 Å². The topological polar surface area (TPSA) is 120 Å². The smallest absolute Gasteiger partial charge is 0.301 e. The summed E-state index contributed by atoms with van der Waals surface area (Å²) in [5.74, 6) is 0.699. The predicted molar refractivity (Wildman–Crippen MR) is 108 cm³/mol. The maximum Gasteiger partial charge on any atom is 0.301 e. The van der Waals surface area contributed by atoms with Crippen LogP contribution in [0.3, 0.4) is 0 Å². The number of non-ortho nitro benzene ring substituents is 1. The van der Waals surface area contributed by atoms with Crippen LogP contribution in [0.25, 0.3) is 0 Å². The number of nitro groups is 2. The number of nitrogens with one attached hydrogen (secondary N) is 1. The molecule has 0 bridgehead atoms. The van der Waals surface area contributed by atoms with E-state index in [0.717, 1.165) is 17.2 Å². The van der Waals surface area contributed by atoms with Crippen LogP contribution >= 0.6 is 0 Å². The van der Waals surface area contributed by atoms with Gasteiger partial charge < -0.3 is 4.74 Å². The largest absolute Gasteiger partial charge is 0.489 e. The van der Waals surface area contributed by atoms with E-state index in [1.54, 1.807) is 24.3 Å². The van der Waals surface area contributed by atoms with Crippen LogP contribution in [0.1, 0.15) is 11.1 Å². The van der Waals surface area contributed by atoms with Gasteiger partial charge in [-0.1, -0.05) is 30.3 Å². The molecule has 0 unspecified atom stereocenters. The fourth-order valence-corrected chi connectivity index (χ4v) is 2.45. The molecular formula is C20H16N4O5. The van der Waals surface area contributed by atoms with Gasteiger partial charge in [0.2, 0.25) is 0 Å². The van der Waals surface area contributed by atoms with Gasteiger partial charge in [0.15, 0.2) is 0 Å². The van der Waals surface area contributed by atoms with E-state index in [1.165, 1.54) is 18.3 Å². The summed E-state index contributed by atoms with van der Waals surface area (Å²) in [6.45, 7) is 0.458. The van der Waals surface area contributed by atoms with Crippen molar-refractivity contribution in [2.75, 3.05) is 5.43 Å². The van der Waals surface area contributed by atoms with Crippen molar-refractivity contribution in [1.29, 1.82) is 0 Å². The first-order valence-corrected chi connectivity index (χ1v) is 8.51. The number of benzene rings is 3. The maximum absolute atomic E-state index is 11.1. The van der Waals surface area contributed by atoms with Crippen LogP contribution in [-0.4, -0.2) is 16.1 Å². The average molecular weight is 392 g/mol. The summed E-state index contributed by atoms with van der Waals surface area (Å²) in [6.07, 6.45) is 1.48. The molecule has 0 saturated heterocycles. The minimum absolute atomic E-state index is 0.0552. The van der Waals surface area contributed by atoms with Gasteiger partial charge in [0.25, 0.3) is 5.69 Å². The molecule has 0 spiro atoms. The van der Waals surface area contributed by atoms with Gasteiger partial charge in [0.1, 0.15) is 18.0 Å². The Balaban J connectivity index is 1.62. The van der Waals surface area contributed by atoms with Crippen molar-refractivity contribution in [2.45, 2.75) is 6.61 Å². The molecule has 0 aliphatic heterocycles. The molecule has 146 valence electrons. The highest BCUT2D eigenvalue weighted by atomic mass is 16.6. The molecule has 3 aromatic carbocycles. The minimum atomic E-state index is -0.705. The van der Waals surface area contributed by atoms with E-state index in [1.807, 2.05) is 30.3 Å². The number of nitrogens with zero attached hydrogens (tertiary/aromatic N) is 3. The molecule has 29 heavy (non-hydrogen) atoms. The molecule has 0 heterocycles. The van der Waals surface area contributed by atoms with E-state index < -0.39 is 15.5 Å². The predicted octanol–water partition coefficient (Wildman–Crippen LogP) is 4.53. The Labute approximate surface area is 165 Å². The first kappa shape index (κ1) is 19.5. The second kappa shape index (κ2) is 9.09. The summed E-state index contributed by atoms with van der Waals surface area (Å²) in [6, 6.07) is 20.2. The molecule has 9 nitrogen and oxygen atoms in total. The number of rotatable bonds is 8. The summed E-state index contributed by atoms with van der Waals surface area (Å²) in [4.78, 5) is 20.5. The maximum atomic E-state index is 11.1. The minimum Gasteiger partial charge on any atom is -0.489 e. The number of hydrogen-bond acceptors (Lipinski definition) is 7. The fraction of sp³-hybridized carbons (Fsp3) is 0.0500. The van der Waals surface area contributed by atoms with E-state index in [-0.39, 0.29) is 11.4 Å².